The van der Waals surface area contributed by atoms with Gasteiger partial charge in [-0.15, -0.1) is 6.42 Å². The van der Waals surface area contributed by atoms with Crippen LogP contribution in [0.1, 0.15) is 24.9 Å². The quantitative estimate of drug-likeness (QED) is 0.758. The zero-order valence-corrected chi connectivity index (χ0v) is 9.40. The lowest BCUT2D eigenvalue weighted by atomic mass is 10.1. The number of rotatable bonds is 4. The molecule has 1 aromatic rings. The van der Waals surface area contributed by atoms with E-state index in [4.69, 9.17) is 12.2 Å². The van der Waals surface area contributed by atoms with Crippen molar-refractivity contribution in [3.8, 4) is 12.3 Å². The summed E-state index contributed by atoms with van der Waals surface area (Å²) in [5.74, 6) is 2.62. The van der Waals surface area contributed by atoms with E-state index in [9.17, 15) is 0 Å². The van der Waals surface area contributed by atoms with Crippen LogP contribution in [0, 0.1) is 12.3 Å². The van der Waals surface area contributed by atoms with Crippen molar-refractivity contribution < 1.29 is 0 Å². The second-order valence-corrected chi connectivity index (χ2v) is 3.67. The molecule has 80 valence electrons. The predicted octanol–water partition coefficient (Wildman–Crippen LogP) is 2.17. The molecule has 0 radical (unpaired) electrons. The van der Waals surface area contributed by atoms with E-state index in [0.717, 1.165) is 12.1 Å². The average Bonchev–Trinajstić information content (AvgIpc) is 2.28. The molecule has 0 aliphatic heterocycles. The van der Waals surface area contributed by atoms with Crippen LogP contribution in [0.3, 0.4) is 0 Å². The molecule has 0 bridgehead atoms. The topological polar surface area (TPSA) is 29.3 Å². The van der Waals surface area contributed by atoms with Gasteiger partial charge in [-0.3, -0.25) is 0 Å². The van der Waals surface area contributed by atoms with Gasteiger partial charge in [0.25, 0.3) is 0 Å². The highest BCUT2D eigenvalue weighted by Crippen LogP contribution is 2.18. The Labute approximate surface area is 92.1 Å². The molecule has 0 fully saturated rings. The summed E-state index contributed by atoms with van der Waals surface area (Å²) in [5.41, 5.74) is 8.23. The number of nitrogens with two attached hydrogens (primary N) is 1. The van der Waals surface area contributed by atoms with E-state index in [2.05, 4.69) is 37.1 Å². The summed E-state index contributed by atoms with van der Waals surface area (Å²) in [6, 6.07) is 8.38. The van der Waals surface area contributed by atoms with Crippen LogP contribution in [0.4, 0.5) is 5.69 Å². The Kier molecular flexibility index (Phi) is 4.20. The number of nitrogens with zero attached hydrogens (tertiary/aromatic N) is 1. The van der Waals surface area contributed by atoms with Gasteiger partial charge in [-0.05, 0) is 24.1 Å². The minimum Gasteiger partial charge on any atom is -0.363 e. The number of benzene rings is 1. The fraction of sp³-hybridized carbons (Fsp3) is 0.385. The van der Waals surface area contributed by atoms with E-state index in [1.54, 1.807) is 0 Å². The molecule has 2 N–H and O–H groups in total. The summed E-state index contributed by atoms with van der Waals surface area (Å²) in [7, 11) is 1.98. The molecule has 1 aromatic carbocycles. The van der Waals surface area contributed by atoms with Gasteiger partial charge < -0.3 is 10.6 Å². The summed E-state index contributed by atoms with van der Waals surface area (Å²) < 4.78 is 0. The maximum Gasteiger partial charge on any atom is 0.0788 e. The van der Waals surface area contributed by atoms with Gasteiger partial charge in [0.05, 0.1) is 6.54 Å². The van der Waals surface area contributed by atoms with Crippen LogP contribution in [-0.2, 0) is 0 Å². The summed E-state index contributed by atoms with van der Waals surface area (Å²) in [6.07, 6.45) is 6.21. The standard InChI is InChI=1S/C13H18N2/c1-4-10-15(3)12-8-6-11(7-9-12)13(14)5-2/h1,6-9,13H,5,10,14H2,2-3H3. The minimum absolute atomic E-state index is 0.136. The SMILES string of the molecule is C#CCN(C)c1ccc(C(N)CC)cc1. The molecule has 0 aromatic heterocycles. The number of hydrogen-bond acceptors (Lipinski definition) is 2. The lowest BCUT2D eigenvalue weighted by molar-refractivity contribution is 0.698. The molecule has 0 aliphatic carbocycles. The Hall–Kier alpha value is -1.46. The van der Waals surface area contributed by atoms with Gasteiger partial charge in [0.2, 0.25) is 0 Å². The monoisotopic (exact) mass is 202 g/mol. The Morgan fingerprint density at radius 3 is 2.47 bits per heavy atom. The van der Waals surface area contributed by atoms with Crippen LogP contribution in [0.2, 0.25) is 0 Å². The fourth-order valence-corrected chi connectivity index (χ4v) is 1.44. The van der Waals surface area contributed by atoms with Gasteiger partial charge in [0.15, 0.2) is 0 Å². The van der Waals surface area contributed by atoms with Crippen LogP contribution in [0.15, 0.2) is 24.3 Å². The molecule has 0 saturated heterocycles. The number of hydrogen-bond donors (Lipinski definition) is 1. The second kappa shape index (κ2) is 5.43. The zero-order valence-electron chi connectivity index (χ0n) is 9.40. The highest BCUT2D eigenvalue weighted by molar-refractivity contribution is 5.48. The summed E-state index contributed by atoms with van der Waals surface area (Å²) in [6.45, 7) is 2.71. The Morgan fingerprint density at radius 1 is 1.40 bits per heavy atom. The Morgan fingerprint density at radius 2 is 2.00 bits per heavy atom. The van der Waals surface area contributed by atoms with Crippen molar-refractivity contribution >= 4 is 5.69 Å². The van der Waals surface area contributed by atoms with Gasteiger partial charge in [-0.2, -0.15) is 0 Å². The smallest absolute Gasteiger partial charge is 0.0788 e. The molecular formula is C13H18N2. The molecule has 0 heterocycles. The van der Waals surface area contributed by atoms with E-state index in [0.29, 0.717) is 6.54 Å². The first-order valence-corrected chi connectivity index (χ1v) is 5.19. The van der Waals surface area contributed by atoms with Gasteiger partial charge in [0, 0.05) is 18.8 Å². The van der Waals surface area contributed by atoms with Crippen LogP contribution in [0.5, 0.6) is 0 Å². The van der Waals surface area contributed by atoms with Crippen molar-refractivity contribution in [3.05, 3.63) is 29.8 Å². The predicted molar refractivity (Wildman–Crippen MR) is 65.8 cm³/mol. The molecule has 1 atom stereocenters. The number of anilines is 1. The third kappa shape index (κ3) is 3.00. The van der Waals surface area contributed by atoms with Crippen molar-refractivity contribution in [1.82, 2.24) is 0 Å². The van der Waals surface area contributed by atoms with Crippen molar-refractivity contribution in [2.45, 2.75) is 19.4 Å². The third-order valence-electron chi connectivity index (χ3n) is 2.53. The van der Waals surface area contributed by atoms with Gasteiger partial charge in [0.1, 0.15) is 0 Å². The van der Waals surface area contributed by atoms with Gasteiger partial charge in [-0.1, -0.05) is 25.0 Å². The Balaban J connectivity index is 2.77. The molecular weight excluding hydrogens is 184 g/mol. The molecule has 2 heteroatoms. The summed E-state index contributed by atoms with van der Waals surface area (Å²) in [5, 5.41) is 0. The summed E-state index contributed by atoms with van der Waals surface area (Å²) >= 11 is 0. The second-order valence-electron chi connectivity index (χ2n) is 3.67. The highest BCUT2D eigenvalue weighted by Gasteiger charge is 2.03. The van der Waals surface area contributed by atoms with Crippen LogP contribution >= 0.6 is 0 Å². The maximum atomic E-state index is 5.93. The average molecular weight is 202 g/mol. The van der Waals surface area contributed by atoms with Crippen molar-refractivity contribution in [1.29, 1.82) is 0 Å². The molecule has 15 heavy (non-hydrogen) atoms. The molecule has 1 rings (SSSR count). The number of terminal acetylenes is 1. The van der Waals surface area contributed by atoms with Crippen LogP contribution < -0.4 is 10.6 Å². The fourth-order valence-electron chi connectivity index (χ4n) is 1.44. The van der Waals surface area contributed by atoms with Crippen molar-refractivity contribution in [3.63, 3.8) is 0 Å². The highest BCUT2D eigenvalue weighted by atomic mass is 15.1. The van der Waals surface area contributed by atoms with E-state index in [1.165, 1.54) is 5.56 Å². The zero-order chi connectivity index (χ0) is 11.3. The van der Waals surface area contributed by atoms with E-state index in [-0.39, 0.29) is 6.04 Å². The van der Waals surface area contributed by atoms with E-state index >= 15 is 0 Å². The first kappa shape index (κ1) is 11.6. The lowest BCUT2D eigenvalue weighted by Gasteiger charge is -2.17. The van der Waals surface area contributed by atoms with Gasteiger partial charge in [-0.25, -0.2) is 0 Å². The molecule has 0 saturated carbocycles. The maximum absolute atomic E-state index is 5.93. The first-order valence-electron chi connectivity index (χ1n) is 5.19. The normalized spacial score (nSPS) is 11.9. The van der Waals surface area contributed by atoms with Crippen LogP contribution in [-0.4, -0.2) is 13.6 Å². The molecule has 1 unspecified atom stereocenters. The van der Waals surface area contributed by atoms with Gasteiger partial charge >= 0.3 is 0 Å². The first-order chi connectivity index (χ1) is 7.19. The minimum atomic E-state index is 0.136. The van der Waals surface area contributed by atoms with Crippen molar-refractivity contribution in [2.75, 3.05) is 18.5 Å². The molecule has 0 aliphatic rings. The Bertz CT molecular complexity index is 335. The third-order valence-corrected chi connectivity index (χ3v) is 2.53. The summed E-state index contributed by atoms with van der Waals surface area (Å²) in [4.78, 5) is 2.03. The van der Waals surface area contributed by atoms with Crippen molar-refractivity contribution in [2.24, 2.45) is 5.73 Å². The van der Waals surface area contributed by atoms with Crippen LogP contribution in [0.25, 0.3) is 0 Å². The lowest BCUT2D eigenvalue weighted by Crippen LogP contribution is -2.17. The largest absolute Gasteiger partial charge is 0.363 e. The molecule has 0 amide bonds. The molecule has 0 spiro atoms. The van der Waals surface area contributed by atoms with E-state index < -0.39 is 0 Å². The molecule has 2 nitrogen and oxygen atoms in total. The van der Waals surface area contributed by atoms with E-state index in [1.807, 2.05) is 11.9 Å².